The van der Waals surface area contributed by atoms with Crippen molar-refractivity contribution in [3.05, 3.63) is 53.1 Å². The van der Waals surface area contributed by atoms with Crippen LogP contribution in [0.2, 0.25) is 5.02 Å². The molecule has 0 atom stereocenters. The highest BCUT2D eigenvalue weighted by atomic mass is 35.5. The van der Waals surface area contributed by atoms with E-state index in [1.807, 2.05) is 12.1 Å². The molecule has 0 saturated carbocycles. The molecule has 0 unspecified atom stereocenters. The molecule has 0 saturated heterocycles. The van der Waals surface area contributed by atoms with Crippen LogP contribution in [-0.2, 0) is 4.74 Å². The molecular weight excluding hydrogens is 360 g/mol. The summed E-state index contributed by atoms with van der Waals surface area (Å²) in [5.74, 6) is 1.70. The van der Waals surface area contributed by atoms with Gasteiger partial charge in [-0.2, -0.15) is 5.10 Å². The predicted octanol–water partition coefficient (Wildman–Crippen LogP) is 3.50. The van der Waals surface area contributed by atoms with Crippen LogP contribution in [0.1, 0.15) is 5.56 Å². The Morgan fingerprint density at radius 1 is 1.08 bits per heavy atom. The van der Waals surface area contributed by atoms with Crippen molar-refractivity contribution in [2.75, 3.05) is 27.4 Å². The van der Waals surface area contributed by atoms with Gasteiger partial charge in [0.15, 0.2) is 11.5 Å². The normalized spacial score (nSPS) is 10.4. The first-order valence-electron chi connectivity index (χ1n) is 7.69. The molecule has 0 aromatic heterocycles. The number of rotatable bonds is 8. The third-order valence-corrected chi connectivity index (χ3v) is 3.49. The highest BCUT2D eigenvalue weighted by Crippen LogP contribution is 2.28. The smallest absolute Gasteiger partial charge is 0.427 e. The van der Waals surface area contributed by atoms with Gasteiger partial charge in [-0.3, -0.25) is 0 Å². The second-order valence-corrected chi connectivity index (χ2v) is 5.31. The zero-order valence-electron chi connectivity index (χ0n) is 14.4. The number of para-hydroxylation sites is 1. The number of carbonyl (C=O) groups is 1. The van der Waals surface area contributed by atoms with Crippen molar-refractivity contribution in [1.29, 1.82) is 0 Å². The van der Waals surface area contributed by atoms with Crippen LogP contribution in [0.25, 0.3) is 0 Å². The zero-order chi connectivity index (χ0) is 18.8. The van der Waals surface area contributed by atoms with Gasteiger partial charge in [0.2, 0.25) is 0 Å². The predicted molar refractivity (Wildman–Crippen MR) is 98.6 cm³/mol. The van der Waals surface area contributed by atoms with Gasteiger partial charge in [-0.25, -0.2) is 10.2 Å². The number of hydrogen-bond donors (Lipinski definition) is 1. The maximum Gasteiger partial charge on any atom is 0.427 e. The SMILES string of the molecule is COC(=O)N/N=C/c1ccc(OCCOc2ccccc2Cl)c(OC)c1. The number of carbonyl (C=O) groups excluding carboxylic acids is 1. The largest absolute Gasteiger partial charge is 0.493 e. The lowest BCUT2D eigenvalue weighted by atomic mass is 10.2. The van der Waals surface area contributed by atoms with E-state index in [-0.39, 0.29) is 0 Å². The Bertz CT molecular complexity index is 767. The standard InChI is InChI=1S/C18H19ClN2O5/c1-23-17-11-13(12-20-21-18(22)24-2)7-8-16(17)26-10-9-25-15-6-4-3-5-14(15)19/h3-8,11-12H,9-10H2,1-2H3,(H,21,22)/b20-12+. The van der Waals surface area contributed by atoms with Gasteiger partial charge in [-0.15, -0.1) is 0 Å². The van der Waals surface area contributed by atoms with Crippen molar-refractivity contribution < 1.29 is 23.7 Å². The molecule has 0 aliphatic heterocycles. The number of hydrogen-bond acceptors (Lipinski definition) is 6. The summed E-state index contributed by atoms with van der Waals surface area (Å²) in [7, 11) is 2.80. The molecule has 0 spiro atoms. The first-order chi connectivity index (χ1) is 12.6. The molecule has 0 aliphatic carbocycles. The number of nitrogens with zero attached hydrogens (tertiary/aromatic N) is 1. The average molecular weight is 379 g/mol. The summed E-state index contributed by atoms with van der Waals surface area (Å²) in [6.45, 7) is 0.651. The Kier molecular flexibility index (Phi) is 7.57. The summed E-state index contributed by atoms with van der Waals surface area (Å²) >= 11 is 6.02. The van der Waals surface area contributed by atoms with E-state index >= 15 is 0 Å². The minimum atomic E-state index is -0.647. The fraction of sp³-hybridized carbons (Fsp3) is 0.222. The van der Waals surface area contributed by atoms with Gasteiger partial charge in [0.25, 0.3) is 0 Å². The molecule has 7 nitrogen and oxygen atoms in total. The highest BCUT2D eigenvalue weighted by molar-refractivity contribution is 6.32. The van der Waals surface area contributed by atoms with Gasteiger partial charge in [0.05, 0.1) is 25.5 Å². The number of benzene rings is 2. The second kappa shape index (κ2) is 10.1. The molecule has 0 radical (unpaired) electrons. The van der Waals surface area contributed by atoms with Crippen LogP contribution in [-0.4, -0.2) is 39.7 Å². The summed E-state index contributed by atoms with van der Waals surface area (Å²) in [6.07, 6.45) is 0.815. The Hall–Kier alpha value is -2.93. The van der Waals surface area contributed by atoms with Crippen LogP contribution in [0.15, 0.2) is 47.6 Å². The van der Waals surface area contributed by atoms with Gasteiger partial charge in [-0.1, -0.05) is 23.7 Å². The molecule has 0 bridgehead atoms. The topological polar surface area (TPSA) is 78.4 Å². The monoisotopic (exact) mass is 378 g/mol. The molecule has 0 heterocycles. The van der Waals surface area contributed by atoms with E-state index in [0.717, 1.165) is 5.56 Å². The first kappa shape index (κ1) is 19.4. The fourth-order valence-corrected chi connectivity index (χ4v) is 2.14. The summed E-state index contributed by atoms with van der Waals surface area (Å²) in [5.41, 5.74) is 2.92. The van der Waals surface area contributed by atoms with Gasteiger partial charge < -0.3 is 18.9 Å². The van der Waals surface area contributed by atoms with Crippen LogP contribution in [0.5, 0.6) is 17.2 Å². The number of nitrogens with one attached hydrogen (secondary N) is 1. The number of methoxy groups -OCH3 is 2. The fourth-order valence-electron chi connectivity index (χ4n) is 1.95. The number of ether oxygens (including phenoxy) is 4. The lowest BCUT2D eigenvalue weighted by molar-refractivity contribution is 0.171. The second-order valence-electron chi connectivity index (χ2n) is 4.90. The molecule has 1 amide bonds. The molecule has 8 heteroatoms. The van der Waals surface area contributed by atoms with E-state index < -0.39 is 6.09 Å². The Morgan fingerprint density at radius 2 is 1.81 bits per heavy atom. The summed E-state index contributed by atoms with van der Waals surface area (Å²) in [6, 6.07) is 12.5. The van der Waals surface area contributed by atoms with E-state index in [1.54, 1.807) is 30.3 Å². The molecule has 26 heavy (non-hydrogen) atoms. The van der Waals surface area contributed by atoms with E-state index in [2.05, 4.69) is 15.3 Å². The van der Waals surface area contributed by atoms with Crippen molar-refractivity contribution in [3.8, 4) is 17.2 Å². The van der Waals surface area contributed by atoms with E-state index in [0.29, 0.717) is 35.5 Å². The molecule has 0 aliphatic rings. The summed E-state index contributed by atoms with van der Waals surface area (Å²) in [4.78, 5) is 10.9. The van der Waals surface area contributed by atoms with Gasteiger partial charge >= 0.3 is 6.09 Å². The number of hydrazone groups is 1. The van der Waals surface area contributed by atoms with Crippen LogP contribution in [0, 0.1) is 0 Å². The minimum Gasteiger partial charge on any atom is -0.493 e. The van der Waals surface area contributed by atoms with E-state index in [9.17, 15) is 4.79 Å². The molecular formula is C18H19ClN2O5. The molecule has 0 fully saturated rings. The lowest BCUT2D eigenvalue weighted by Crippen LogP contribution is -2.16. The van der Waals surface area contributed by atoms with Crippen LogP contribution < -0.4 is 19.6 Å². The quantitative estimate of drug-likeness (QED) is 0.432. The van der Waals surface area contributed by atoms with Gasteiger partial charge in [0.1, 0.15) is 19.0 Å². The maximum absolute atomic E-state index is 10.9. The van der Waals surface area contributed by atoms with E-state index in [1.165, 1.54) is 20.4 Å². The lowest BCUT2D eigenvalue weighted by Gasteiger charge is -2.12. The molecule has 2 aromatic rings. The van der Waals surface area contributed by atoms with Crippen molar-refractivity contribution in [2.45, 2.75) is 0 Å². The highest BCUT2D eigenvalue weighted by Gasteiger charge is 2.06. The molecule has 2 rings (SSSR count). The van der Waals surface area contributed by atoms with Gasteiger partial charge in [-0.05, 0) is 35.9 Å². The Morgan fingerprint density at radius 3 is 2.50 bits per heavy atom. The molecule has 2 aromatic carbocycles. The summed E-state index contributed by atoms with van der Waals surface area (Å²) < 4.78 is 21.0. The van der Waals surface area contributed by atoms with Crippen molar-refractivity contribution in [3.63, 3.8) is 0 Å². The van der Waals surface area contributed by atoms with E-state index in [4.69, 9.17) is 25.8 Å². The average Bonchev–Trinajstić information content (AvgIpc) is 2.66. The van der Waals surface area contributed by atoms with Crippen LogP contribution >= 0.6 is 11.6 Å². The van der Waals surface area contributed by atoms with Crippen molar-refractivity contribution in [1.82, 2.24) is 5.43 Å². The molecule has 138 valence electrons. The number of halogens is 1. The van der Waals surface area contributed by atoms with Crippen LogP contribution in [0.3, 0.4) is 0 Å². The van der Waals surface area contributed by atoms with Crippen LogP contribution in [0.4, 0.5) is 4.79 Å². The minimum absolute atomic E-state index is 0.318. The van der Waals surface area contributed by atoms with Gasteiger partial charge in [0, 0.05) is 0 Å². The molecule has 1 N–H and O–H groups in total. The maximum atomic E-state index is 10.9. The first-order valence-corrected chi connectivity index (χ1v) is 8.07. The Labute approximate surface area is 156 Å². The zero-order valence-corrected chi connectivity index (χ0v) is 15.2. The van der Waals surface area contributed by atoms with Crippen molar-refractivity contribution >= 4 is 23.9 Å². The Balaban J connectivity index is 1.89. The van der Waals surface area contributed by atoms with Crippen molar-refractivity contribution in [2.24, 2.45) is 5.10 Å². The number of amides is 1. The third kappa shape index (κ3) is 5.86. The third-order valence-electron chi connectivity index (χ3n) is 3.18. The summed E-state index contributed by atoms with van der Waals surface area (Å²) in [5, 5.41) is 4.31.